The maximum Gasteiger partial charge on any atom is 0.417 e. The van der Waals surface area contributed by atoms with Gasteiger partial charge in [0.2, 0.25) is 0 Å². The number of rotatable bonds is 2. The minimum absolute atomic E-state index is 0.0877. The second kappa shape index (κ2) is 5.96. The lowest BCUT2D eigenvalue weighted by Gasteiger charge is -2.07. The Labute approximate surface area is 142 Å². The average Bonchev–Trinajstić information content (AvgIpc) is 2.97. The van der Waals surface area contributed by atoms with E-state index in [1.165, 1.54) is 30.0 Å². The Bertz CT molecular complexity index is 1030. The molecule has 0 amide bonds. The average molecular weight is 367 g/mol. The first-order chi connectivity index (χ1) is 11.3. The van der Waals surface area contributed by atoms with Crippen LogP contribution in [0.4, 0.5) is 13.2 Å². The fraction of sp³-hybridized carbons (Fsp3) is 0.133. The van der Waals surface area contributed by atoms with E-state index in [2.05, 4.69) is 9.97 Å². The number of hydrogen-bond donors (Lipinski definition) is 1. The number of nitrogens with one attached hydrogen (secondary N) is 1. The van der Waals surface area contributed by atoms with Crippen LogP contribution in [0.3, 0.4) is 0 Å². The van der Waals surface area contributed by atoms with Crippen LogP contribution >= 0.6 is 23.1 Å². The number of thioether (sulfide) groups is 1. The lowest BCUT2D eigenvalue weighted by Crippen LogP contribution is -2.14. The van der Waals surface area contributed by atoms with Crippen LogP contribution in [0.2, 0.25) is 0 Å². The molecule has 0 aliphatic carbocycles. The van der Waals surface area contributed by atoms with Crippen LogP contribution in [0.5, 0.6) is 0 Å². The summed E-state index contributed by atoms with van der Waals surface area (Å²) in [5, 5.41) is 10.7. The van der Waals surface area contributed by atoms with Gasteiger partial charge in [0.1, 0.15) is 11.6 Å². The Morgan fingerprint density at radius 3 is 2.75 bits per heavy atom. The molecule has 0 saturated carbocycles. The normalized spacial score (nSPS) is 11.6. The molecule has 0 saturated heterocycles. The van der Waals surface area contributed by atoms with Gasteiger partial charge in [0.15, 0.2) is 5.16 Å². The van der Waals surface area contributed by atoms with Crippen LogP contribution in [0.25, 0.3) is 21.3 Å². The van der Waals surface area contributed by atoms with Gasteiger partial charge in [-0.15, -0.1) is 11.3 Å². The van der Waals surface area contributed by atoms with Crippen molar-refractivity contribution in [2.24, 2.45) is 0 Å². The number of nitriles is 1. The maximum absolute atomic E-state index is 12.9. The molecule has 0 radical (unpaired) electrons. The number of aromatic nitrogens is 2. The van der Waals surface area contributed by atoms with Gasteiger partial charge in [-0.2, -0.15) is 18.4 Å². The van der Waals surface area contributed by atoms with Crippen molar-refractivity contribution in [2.75, 3.05) is 6.26 Å². The first-order valence-corrected chi connectivity index (χ1v) is 8.63. The zero-order valence-corrected chi connectivity index (χ0v) is 13.7. The molecule has 2 aromatic heterocycles. The van der Waals surface area contributed by atoms with Crippen LogP contribution in [0, 0.1) is 11.3 Å². The molecular weight excluding hydrogens is 359 g/mol. The van der Waals surface area contributed by atoms with E-state index in [0.717, 1.165) is 16.7 Å². The number of aromatic amines is 1. The number of benzene rings is 1. The van der Waals surface area contributed by atoms with Crippen molar-refractivity contribution < 1.29 is 13.2 Å². The van der Waals surface area contributed by atoms with Crippen molar-refractivity contribution >= 4 is 33.2 Å². The predicted molar refractivity (Wildman–Crippen MR) is 87.2 cm³/mol. The Balaban J connectivity index is 2.23. The standard InChI is InChI=1S/C15H8F3N3OS2/c1-23-14-20-12(9(5-19)13(22)21-14)7-2-3-8-10(15(16,17)18)6-24-11(8)4-7/h2-4,6H,1H3,(H,20,21,22). The largest absolute Gasteiger partial charge is 0.417 e. The first kappa shape index (κ1) is 16.5. The zero-order valence-electron chi connectivity index (χ0n) is 12.1. The Morgan fingerprint density at radius 2 is 2.12 bits per heavy atom. The van der Waals surface area contributed by atoms with Gasteiger partial charge in [0, 0.05) is 21.0 Å². The second-order valence-corrected chi connectivity index (χ2v) is 6.47. The van der Waals surface area contributed by atoms with Gasteiger partial charge in [-0.25, -0.2) is 4.98 Å². The highest BCUT2D eigenvalue weighted by Gasteiger charge is 2.33. The van der Waals surface area contributed by atoms with Crippen molar-refractivity contribution in [3.05, 3.63) is 45.1 Å². The summed E-state index contributed by atoms with van der Waals surface area (Å²) in [6, 6.07) is 6.10. The third kappa shape index (κ3) is 2.79. The topological polar surface area (TPSA) is 69.5 Å². The number of nitrogens with zero attached hydrogens (tertiary/aromatic N) is 2. The summed E-state index contributed by atoms with van der Waals surface area (Å²) in [6.07, 6.45) is -2.71. The fourth-order valence-electron chi connectivity index (χ4n) is 2.26. The van der Waals surface area contributed by atoms with Crippen LogP contribution in [-0.4, -0.2) is 16.2 Å². The van der Waals surface area contributed by atoms with E-state index in [-0.39, 0.29) is 16.6 Å². The molecule has 1 aromatic carbocycles. The third-order valence-corrected chi connectivity index (χ3v) is 4.88. The monoisotopic (exact) mass is 367 g/mol. The molecule has 0 spiro atoms. The molecule has 0 unspecified atom stereocenters. The van der Waals surface area contributed by atoms with Crippen LogP contribution in [0.15, 0.2) is 33.5 Å². The second-order valence-electron chi connectivity index (χ2n) is 4.77. The van der Waals surface area contributed by atoms with Gasteiger partial charge in [0.05, 0.1) is 11.3 Å². The summed E-state index contributed by atoms with van der Waals surface area (Å²) in [5.41, 5.74) is -0.849. The van der Waals surface area contributed by atoms with E-state index in [1.54, 1.807) is 12.3 Å². The molecule has 0 bridgehead atoms. The Morgan fingerprint density at radius 1 is 1.38 bits per heavy atom. The Kier molecular flexibility index (Phi) is 4.11. The number of fused-ring (bicyclic) bond motifs is 1. The van der Waals surface area contributed by atoms with Crippen LogP contribution in [-0.2, 0) is 6.18 Å². The number of thiophene rings is 1. The predicted octanol–water partition coefficient (Wildman–Crippen LogP) is 4.26. The first-order valence-electron chi connectivity index (χ1n) is 6.52. The molecule has 3 aromatic rings. The molecule has 0 aliphatic rings. The van der Waals surface area contributed by atoms with Gasteiger partial charge < -0.3 is 4.98 Å². The number of halogens is 3. The van der Waals surface area contributed by atoms with Crippen LogP contribution < -0.4 is 5.56 Å². The molecule has 4 nitrogen and oxygen atoms in total. The van der Waals surface area contributed by atoms with Crippen molar-refractivity contribution in [2.45, 2.75) is 11.3 Å². The summed E-state index contributed by atoms with van der Waals surface area (Å²) < 4.78 is 39.3. The van der Waals surface area contributed by atoms with Gasteiger partial charge in [0.25, 0.3) is 5.56 Å². The van der Waals surface area contributed by atoms with Crippen LogP contribution in [0.1, 0.15) is 11.1 Å². The molecule has 3 rings (SSSR count). The quantitative estimate of drug-likeness (QED) is 0.543. The SMILES string of the molecule is CSc1nc(-c2ccc3c(C(F)(F)F)csc3c2)c(C#N)c(=O)[nH]1. The summed E-state index contributed by atoms with van der Waals surface area (Å²) in [6.45, 7) is 0. The minimum Gasteiger partial charge on any atom is -0.300 e. The summed E-state index contributed by atoms with van der Waals surface area (Å²) >= 11 is 2.16. The van der Waals surface area contributed by atoms with E-state index in [9.17, 15) is 23.2 Å². The number of hydrogen-bond acceptors (Lipinski definition) is 5. The molecule has 1 N–H and O–H groups in total. The fourth-order valence-corrected chi connectivity index (χ4v) is 3.64. The summed E-state index contributed by atoms with van der Waals surface area (Å²) in [7, 11) is 0. The summed E-state index contributed by atoms with van der Waals surface area (Å²) in [4.78, 5) is 18.6. The maximum atomic E-state index is 12.9. The van der Waals surface area contributed by atoms with Crippen molar-refractivity contribution in [3.8, 4) is 17.3 Å². The third-order valence-electron chi connectivity index (χ3n) is 3.36. The van der Waals surface area contributed by atoms with Crippen molar-refractivity contribution in [1.29, 1.82) is 5.26 Å². The highest BCUT2D eigenvalue weighted by molar-refractivity contribution is 7.98. The zero-order chi connectivity index (χ0) is 17.5. The molecular formula is C15H8F3N3OS2. The molecule has 24 heavy (non-hydrogen) atoms. The van der Waals surface area contributed by atoms with E-state index < -0.39 is 17.3 Å². The van der Waals surface area contributed by atoms with E-state index in [0.29, 0.717) is 15.4 Å². The molecule has 2 heterocycles. The minimum atomic E-state index is -4.42. The molecule has 0 atom stereocenters. The van der Waals surface area contributed by atoms with Gasteiger partial charge >= 0.3 is 6.18 Å². The molecule has 9 heteroatoms. The Hall–Kier alpha value is -2.31. The van der Waals surface area contributed by atoms with E-state index >= 15 is 0 Å². The smallest absolute Gasteiger partial charge is 0.300 e. The lowest BCUT2D eigenvalue weighted by atomic mass is 10.0. The molecule has 0 aliphatic heterocycles. The highest BCUT2D eigenvalue weighted by Crippen LogP contribution is 2.39. The number of alkyl halides is 3. The van der Waals surface area contributed by atoms with Crippen molar-refractivity contribution in [1.82, 2.24) is 9.97 Å². The summed E-state index contributed by atoms with van der Waals surface area (Å²) in [5.74, 6) is 0. The van der Waals surface area contributed by atoms with Crippen molar-refractivity contribution in [3.63, 3.8) is 0 Å². The lowest BCUT2D eigenvalue weighted by molar-refractivity contribution is -0.136. The molecule has 0 fully saturated rings. The van der Waals surface area contributed by atoms with Gasteiger partial charge in [-0.3, -0.25) is 4.79 Å². The van der Waals surface area contributed by atoms with Gasteiger partial charge in [-0.05, 0) is 12.3 Å². The van der Waals surface area contributed by atoms with E-state index in [1.807, 2.05) is 0 Å². The van der Waals surface area contributed by atoms with Gasteiger partial charge in [-0.1, -0.05) is 23.9 Å². The molecule has 122 valence electrons. The van der Waals surface area contributed by atoms with E-state index in [4.69, 9.17) is 0 Å². The number of H-pyrrole nitrogens is 1. The highest BCUT2D eigenvalue weighted by atomic mass is 32.2.